The summed E-state index contributed by atoms with van der Waals surface area (Å²) >= 11 is 0. The molecule has 6 nitrogen and oxygen atoms in total. The maximum absolute atomic E-state index is 13.0. The third kappa shape index (κ3) is 4.42. The number of carbonyl (C=O) groups is 1. The topological polar surface area (TPSA) is 79.6 Å². The highest BCUT2D eigenvalue weighted by Gasteiger charge is 2.27. The van der Waals surface area contributed by atoms with Crippen LogP contribution >= 0.6 is 0 Å². The van der Waals surface area contributed by atoms with Crippen LogP contribution in [0.3, 0.4) is 0 Å². The van der Waals surface area contributed by atoms with Gasteiger partial charge in [-0.05, 0) is 50.8 Å². The Morgan fingerprint density at radius 2 is 1.63 bits per heavy atom. The number of amides is 1. The van der Waals surface area contributed by atoms with E-state index < -0.39 is 10.0 Å². The standard InChI is InChI=1S/C23H32N2O4S/c1-17-20-16-19(30(27,28)25-14-8-5-9-15-25)12-13-21(20)29-22(17)23(26)24-18-10-6-3-2-4-7-11-18/h12-13,16,18H,2-11,14-15H2,1H3,(H,24,26). The van der Waals surface area contributed by atoms with E-state index in [0.717, 1.165) is 44.9 Å². The molecule has 0 atom stereocenters. The van der Waals surface area contributed by atoms with E-state index in [1.807, 2.05) is 6.92 Å². The highest BCUT2D eigenvalue weighted by molar-refractivity contribution is 7.89. The van der Waals surface area contributed by atoms with Crippen molar-refractivity contribution < 1.29 is 17.6 Å². The first-order valence-corrected chi connectivity index (χ1v) is 12.7. The summed E-state index contributed by atoms with van der Waals surface area (Å²) in [7, 11) is -3.52. The number of nitrogens with one attached hydrogen (secondary N) is 1. The fourth-order valence-corrected chi connectivity index (χ4v) is 6.23. The van der Waals surface area contributed by atoms with Gasteiger partial charge in [-0.25, -0.2) is 8.42 Å². The molecule has 0 spiro atoms. The summed E-state index contributed by atoms with van der Waals surface area (Å²) in [5, 5.41) is 3.83. The van der Waals surface area contributed by atoms with Crippen molar-refractivity contribution in [2.45, 2.75) is 82.1 Å². The second-order valence-corrected chi connectivity index (χ2v) is 10.6. The van der Waals surface area contributed by atoms with Crippen LogP contribution in [0.5, 0.6) is 0 Å². The van der Waals surface area contributed by atoms with Crippen molar-refractivity contribution >= 4 is 26.9 Å². The molecule has 4 rings (SSSR count). The van der Waals surface area contributed by atoms with E-state index in [2.05, 4.69) is 5.32 Å². The number of nitrogens with zero attached hydrogens (tertiary/aromatic N) is 1. The van der Waals surface area contributed by atoms with Gasteiger partial charge in [0.1, 0.15) is 5.58 Å². The van der Waals surface area contributed by atoms with Crippen molar-refractivity contribution in [1.29, 1.82) is 0 Å². The Bertz CT molecular complexity index is 998. The molecule has 164 valence electrons. The van der Waals surface area contributed by atoms with Gasteiger partial charge in [0, 0.05) is 30.1 Å². The van der Waals surface area contributed by atoms with Crippen LogP contribution in [0.2, 0.25) is 0 Å². The largest absolute Gasteiger partial charge is 0.451 e. The summed E-state index contributed by atoms with van der Waals surface area (Å²) in [6, 6.07) is 5.10. The molecule has 1 aromatic heterocycles. The van der Waals surface area contributed by atoms with Gasteiger partial charge < -0.3 is 9.73 Å². The lowest BCUT2D eigenvalue weighted by atomic mass is 9.96. The molecule has 1 N–H and O–H groups in total. The van der Waals surface area contributed by atoms with Gasteiger partial charge in [0.2, 0.25) is 10.0 Å². The van der Waals surface area contributed by atoms with Gasteiger partial charge in [0.25, 0.3) is 5.91 Å². The molecule has 2 heterocycles. The Kier molecular flexibility index (Phi) is 6.48. The maximum Gasteiger partial charge on any atom is 0.287 e. The predicted octanol–water partition coefficient (Wildman–Crippen LogP) is 4.76. The third-order valence-corrected chi connectivity index (χ3v) is 8.40. The Balaban J connectivity index is 1.57. The van der Waals surface area contributed by atoms with E-state index in [4.69, 9.17) is 4.42 Å². The number of aryl methyl sites for hydroxylation is 1. The molecule has 30 heavy (non-hydrogen) atoms. The maximum atomic E-state index is 13.0. The number of sulfonamides is 1. The first-order chi connectivity index (χ1) is 14.5. The van der Waals surface area contributed by atoms with Crippen molar-refractivity contribution in [3.05, 3.63) is 29.5 Å². The van der Waals surface area contributed by atoms with E-state index in [1.165, 1.54) is 19.3 Å². The zero-order valence-corrected chi connectivity index (χ0v) is 18.6. The molecule has 1 amide bonds. The fourth-order valence-electron chi connectivity index (χ4n) is 4.68. The predicted molar refractivity (Wildman–Crippen MR) is 117 cm³/mol. The molecule has 2 aromatic rings. The highest BCUT2D eigenvalue weighted by atomic mass is 32.2. The Hall–Kier alpha value is -1.86. The quantitative estimate of drug-likeness (QED) is 0.755. The number of piperidine rings is 1. The lowest BCUT2D eigenvalue weighted by Crippen LogP contribution is -2.35. The highest BCUT2D eigenvalue weighted by Crippen LogP contribution is 2.30. The third-order valence-electron chi connectivity index (χ3n) is 6.51. The number of carbonyl (C=O) groups excluding carboxylic acids is 1. The minimum absolute atomic E-state index is 0.181. The molecule has 1 saturated carbocycles. The molecule has 1 aliphatic carbocycles. The van der Waals surface area contributed by atoms with E-state index >= 15 is 0 Å². The zero-order chi connectivity index (χ0) is 21.1. The molecular formula is C23H32N2O4S. The average Bonchev–Trinajstić information content (AvgIpc) is 3.07. The summed E-state index contributed by atoms with van der Waals surface area (Å²) in [5.74, 6) is 0.0919. The van der Waals surface area contributed by atoms with Crippen LogP contribution in [-0.2, 0) is 10.0 Å². The summed E-state index contributed by atoms with van der Waals surface area (Å²) in [5.41, 5.74) is 1.25. The zero-order valence-electron chi connectivity index (χ0n) is 17.8. The van der Waals surface area contributed by atoms with Crippen molar-refractivity contribution in [3.63, 3.8) is 0 Å². The Morgan fingerprint density at radius 1 is 1.00 bits per heavy atom. The van der Waals surface area contributed by atoms with E-state index in [-0.39, 0.29) is 16.8 Å². The second-order valence-electron chi connectivity index (χ2n) is 8.69. The molecule has 1 aromatic carbocycles. The smallest absolute Gasteiger partial charge is 0.287 e. The summed E-state index contributed by atoms with van der Waals surface area (Å²) in [6.45, 7) is 2.97. The molecule has 0 bridgehead atoms. The van der Waals surface area contributed by atoms with Gasteiger partial charge in [-0.1, -0.05) is 38.5 Å². The van der Waals surface area contributed by atoms with E-state index in [0.29, 0.717) is 35.4 Å². The summed E-state index contributed by atoms with van der Waals surface area (Å²) < 4.78 is 33.5. The van der Waals surface area contributed by atoms with Crippen LogP contribution in [-0.4, -0.2) is 37.8 Å². The van der Waals surface area contributed by atoms with Crippen molar-refractivity contribution in [2.24, 2.45) is 0 Å². The van der Waals surface area contributed by atoms with Crippen LogP contribution in [0.1, 0.15) is 80.3 Å². The van der Waals surface area contributed by atoms with Gasteiger partial charge in [0.05, 0.1) is 4.90 Å². The number of furan rings is 1. The Labute approximate surface area is 179 Å². The van der Waals surface area contributed by atoms with Crippen molar-refractivity contribution in [1.82, 2.24) is 9.62 Å². The molecule has 7 heteroatoms. The molecule has 0 radical (unpaired) electrons. The van der Waals surface area contributed by atoms with Crippen LogP contribution < -0.4 is 5.32 Å². The van der Waals surface area contributed by atoms with Crippen LogP contribution in [0, 0.1) is 6.92 Å². The molecule has 2 fully saturated rings. The first kappa shape index (κ1) is 21.4. The summed E-state index contributed by atoms with van der Waals surface area (Å²) in [6.07, 6.45) is 10.9. The van der Waals surface area contributed by atoms with Gasteiger partial charge >= 0.3 is 0 Å². The monoisotopic (exact) mass is 432 g/mol. The number of rotatable bonds is 4. The molecule has 1 aliphatic heterocycles. The van der Waals surface area contributed by atoms with Gasteiger partial charge in [-0.3, -0.25) is 4.79 Å². The number of fused-ring (bicyclic) bond motifs is 1. The minimum Gasteiger partial charge on any atom is -0.451 e. The fraction of sp³-hybridized carbons (Fsp3) is 0.609. The molecule has 0 unspecified atom stereocenters. The molecule has 2 aliphatic rings. The number of hydrogen-bond acceptors (Lipinski definition) is 4. The van der Waals surface area contributed by atoms with Crippen LogP contribution in [0.15, 0.2) is 27.5 Å². The minimum atomic E-state index is -3.52. The van der Waals surface area contributed by atoms with Crippen LogP contribution in [0.25, 0.3) is 11.0 Å². The van der Waals surface area contributed by atoms with E-state index in [1.54, 1.807) is 22.5 Å². The average molecular weight is 433 g/mol. The lowest BCUT2D eigenvalue weighted by molar-refractivity contribution is 0.0903. The summed E-state index contributed by atoms with van der Waals surface area (Å²) in [4.78, 5) is 13.2. The van der Waals surface area contributed by atoms with Crippen molar-refractivity contribution in [2.75, 3.05) is 13.1 Å². The van der Waals surface area contributed by atoms with Gasteiger partial charge in [-0.15, -0.1) is 0 Å². The first-order valence-electron chi connectivity index (χ1n) is 11.3. The number of hydrogen-bond donors (Lipinski definition) is 1. The number of benzene rings is 1. The molecular weight excluding hydrogens is 400 g/mol. The van der Waals surface area contributed by atoms with E-state index in [9.17, 15) is 13.2 Å². The van der Waals surface area contributed by atoms with Gasteiger partial charge in [0.15, 0.2) is 5.76 Å². The van der Waals surface area contributed by atoms with Gasteiger partial charge in [-0.2, -0.15) is 4.31 Å². The lowest BCUT2D eigenvalue weighted by Gasteiger charge is -2.25. The van der Waals surface area contributed by atoms with Crippen molar-refractivity contribution in [3.8, 4) is 0 Å². The second kappa shape index (κ2) is 9.10. The SMILES string of the molecule is Cc1c(C(=O)NC2CCCCCCC2)oc2ccc(S(=O)(=O)N3CCCCC3)cc12. The van der Waals surface area contributed by atoms with Crippen LogP contribution in [0.4, 0.5) is 0 Å². The normalized spacial score (nSPS) is 20.0. The molecule has 1 saturated heterocycles. The Morgan fingerprint density at radius 3 is 2.33 bits per heavy atom.